The first-order valence-electron chi connectivity index (χ1n) is 4.70. The lowest BCUT2D eigenvalue weighted by Gasteiger charge is -2.03. The van der Waals surface area contributed by atoms with E-state index in [4.69, 9.17) is 0 Å². The van der Waals surface area contributed by atoms with Crippen molar-refractivity contribution in [2.75, 3.05) is 5.32 Å². The molecule has 0 atom stereocenters. The SMILES string of the molecule is O=C(Nc1ncccn1)c1ccc(F)c(F)c1. The van der Waals surface area contributed by atoms with Crippen LogP contribution in [0.15, 0.2) is 36.7 Å². The van der Waals surface area contributed by atoms with Gasteiger partial charge in [-0.2, -0.15) is 0 Å². The van der Waals surface area contributed by atoms with Gasteiger partial charge in [-0.05, 0) is 24.3 Å². The Bertz CT molecular complexity index is 546. The predicted molar refractivity (Wildman–Crippen MR) is 56.3 cm³/mol. The molecule has 0 saturated carbocycles. The molecule has 0 radical (unpaired) electrons. The molecule has 0 aliphatic rings. The number of nitrogens with one attached hydrogen (secondary N) is 1. The minimum Gasteiger partial charge on any atom is -0.290 e. The largest absolute Gasteiger partial charge is 0.290 e. The average Bonchev–Trinajstić information content (AvgIpc) is 2.34. The van der Waals surface area contributed by atoms with Gasteiger partial charge in [-0.15, -0.1) is 0 Å². The summed E-state index contributed by atoms with van der Waals surface area (Å²) in [6, 6.07) is 4.47. The predicted octanol–water partition coefficient (Wildman–Crippen LogP) is 2.01. The zero-order chi connectivity index (χ0) is 12.3. The summed E-state index contributed by atoms with van der Waals surface area (Å²) in [5.41, 5.74) is -0.00338. The number of carbonyl (C=O) groups excluding carboxylic acids is 1. The van der Waals surface area contributed by atoms with Gasteiger partial charge in [0.2, 0.25) is 5.95 Å². The van der Waals surface area contributed by atoms with Crippen molar-refractivity contribution in [2.45, 2.75) is 0 Å². The van der Waals surface area contributed by atoms with Gasteiger partial charge in [0.25, 0.3) is 5.91 Å². The van der Waals surface area contributed by atoms with Crippen LogP contribution in [0.5, 0.6) is 0 Å². The maximum absolute atomic E-state index is 12.9. The second-order valence-corrected chi connectivity index (χ2v) is 3.16. The monoisotopic (exact) mass is 235 g/mol. The van der Waals surface area contributed by atoms with Crippen molar-refractivity contribution in [1.82, 2.24) is 9.97 Å². The van der Waals surface area contributed by atoms with Crippen molar-refractivity contribution in [3.63, 3.8) is 0 Å². The number of benzene rings is 1. The fourth-order valence-electron chi connectivity index (χ4n) is 1.17. The molecule has 2 rings (SSSR count). The van der Waals surface area contributed by atoms with Gasteiger partial charge in [-0.25, -0.2) is 18.7 Å². The topological polar surface area (TPSA) is 54.9 Å². The summed E-state index contributed by atoms with van der Waals surface area (Å²) in [4.78, 5) is 19.1. The number of hydrogen-bond acceptors (Lipinski definition) is 3. The molecule has 1 heterocycles. The van der Waals surface area contributed by atoms with E-state index in [-0.39, 0.29) is 11.5 Å². The summed E-state index contributed by atoms with van der Waals surface area (Å²) >= 11 is 0. The van der Waals surface area contributed by atoms with Gasteiger partial charge in [-0.3, -0.25) is 10.1 Å². The van der Waals surface area contributed by atoms with Gasteiger partial charge in [-0.1, -0.05) is 0 Å². The first-order valence-corrected chi connectivity index (χ1v) is 4.70. The Kier molecular flexibility index (Phi) is 3.04. The van der Waals surface area contributed by atoms with E-state index in [1.807, 2.05) is 0 Å². The molecule has 1 N–H and O–H groups in total. The van der Waals surface area contributed by atoms with Crippen LogP contribution < -0.4 is 5.32 Å². The Balaban J connectivity index is 2.18. The number of hydrogen-bond donors (Lipinski definition) is 1. The number of nitrogens with zero attached hydrogens (tertiary/aromatic N) is 2. The van der Waals surface area contributed by atoms with Crippen LogP contribution in [0.3, 0.4) is 0 Å². The highest BCUT2D eigenvalue weighted by molar-refractivity contribution is 6.03. The van der Waals surface area contributed by atoms with E-state index < -0.39 is 17.5 Å². The summed E-state index contributed by atoms with van der Waals surface area (Å²) < 4.78 is 25.5. The Labute approximate surface area is 95.3 Å². The third-order valence-corrected chi connectivity index (χ3v) is 1.97. The normalized spacial score (nSPS) is 10.0. The standard InChI is InChI=1S/C11H7F2N3O/c12-8-3-2-7(6-9(8)13)10(17)16-11-14-4-1-5-15-11/h1-6H,(H,14,15,16,17). The van der Waals surface area contributed by atoms with Crippen LogP contribution >= 0.6 is 0 Å². The van der Waals surface area contributed by atoms with Crippen LogP contribution in [0.25, 0.3) is 0 Å². The molecule has 86 valence electrons. The second-order valence-electron chi connectivity index (χ2n) is 3.16. The highest BCUT2D eigenvalue weighted by Gasteiger charge is 2.10. The second kappa shape index (κ2) is 4.65. The molecule has 0 aliphatic carbocycles. The number of anilines is 1. The van der Waals surface area contributed by atoms with Crippen molar-refractivity contribution in [3.05, 3.63) is 53.9 Å². The van der Waals surface area contributed by atoms with E-state index in [1.165, 1.54) is 18.5 Å². The number of carbonyl (C=O) groups is 1. The summed E-state index contributed by atoms with van der Waals surface area (Å²) in [6.45, 7) is 0. The van der Waals surface area contributed by atoms with Crippen LogP contribution in [0.1, 0.15) is 10.4 Å². The van der Waals surface area contributed by atoms with E-state index >= 15 is 0 Å². The molecule has 0 saturated heterocycles. The maximum Gasteiger partial charge on any atom is 0.258 e. The summed E-state index contributed by atoms with van der Waals surface area (Å²) in [7, 11) is 0. The fourth-order valence-corrected chi connectivity index (χ4v) is 1.17. The molecule has 2 aromatic rings. The highest BCUT2D eigenvalue weighted by atomic mass is 19.2. The van der Waals surface area contributed by atoms with Gasteiger partial charge >= 0.3 is 0 Å². The summed E-state index contributed by atoms with van der Waals surface area (Å²) in [6.07, 6.45) is 2.90. The molecule has 1 aromatic carbocycles. The third-order valence-electron chi connectivity index (χ3n) is 1.97. The Morgan fingerprint density at radius 2 is 1.82 bits per heavy atom. The van der Waals surface area contributed by atoms with E-state index in [9.17, 15) is 13.6 Å². The lowest BCUT2D eigenvalue weighted by Crippen LogP contribution is -2.14. The van der Waals surface area contributed by atoms with Crippen LogP contribution in [-0.4, -0.2) is 15.9 Å². The van der Waals surface area contributed by atoms with Gasteiger partial charge in [0, 0.05) is 18.0 Å². The smallest absolute Gasteiger partial charge is 0.258 e. The molecule has 0 spiro atoms. The third kappa shape index (κ3) is 2.60. The van der Waals surface area contributed by atoms with Crippen molar-refractivity contribution < 1.29 is 13.6 Å². The molecule has 6 heteroatoms. The molecule has 0 aliphatic heterocycles. The van der Waals surface area contributed by atoms with Crippen LogP contribution in [-0.2, 0) is 0 Å². The summed E-state index contributed by atoms with van der Waals surface area (Å²) in [5, 5.41) is 2.35. The molecule has 0 fully saturated rings. The Morgan fingerprint density at radius 3 is 2.47 bits per heavy atom. The van der Waals surface area contributed by atoms with Crippen molar-refractivity contribution in [1.29, 1.82) is 0 Å². The van der Waals surface area contributed by atoms with Gasteiger partial charge in [0.05, 0.1) is 0 Å². The van der Waals surface area contributed by atoms with E-state index in [2.05, 4.69) is 15.3 Å². The lowest BCUT2D eigenvalue weighted by molar-refractivity contribution is 0.102. The molecule has 17 heavy (non-hydrogen) atoms. The van der Waals surface area contributed by atoms with E-state index in [0.29, 0.717) is 0 Å². The van der Waals surface area contributed by atoms with Crippen molar-refractivity contribution in [3.8, 4) is 0 Å². The number of amides is 1. The first kappa shape index (κ1) is 11.1. The van der Waals surface area contributed by atoms with E-state index in [0.717, 1.165) is 12.1 Å². The zero-order valence-corrected chi connectivity index (χ0v) is 8.52. The zero-order valence-electron chi connectivity index (χ0n) is 8.52. The van der Waals surface area contributed by atoms with Crippen LogP contribution in [0.4, 0.5) is 14.7 Å². The van der Waals surface area contributed by atoms with Crippen molar-refractivity contribution >= 4 is 11.9 Å². The van der Waals surface area contributed by atoms with E-state index in [1.54, 1.807) is 6.07 Å². The summed E-state index contributed by atoms with van der Waals surface area (Å²) in [5.74, 6) is -2.58. The molecule has 4 nitrogen and oxygen atoms in total. The molecule has 1 amide bonds. The number of halogens is 2. The lowest BCUT2D eigenvalue weighted by atomic mass is 10.2. The molecular formula is C11H7F2N3O. The Morgan fingerprint density at radius 1 is 1.12 bits per heavy atom. The maximum atomic E-state index is 12.9. The van der Waals surface area contributed by atoms with Gasteiger partial charge < -0.3 is 0 Å². The minimum atomic E-state index is -1.08. The van der Waals surface area contributed by atoms with Gasteiger partial charge in [0.15, 0.2) is 11.6 Å². The molecule has 0 bridgehead atoms. The Hall–Kier alpha value is -2.37. The van der Waals surface area contributed by atoms with Crippen molar-refractivity contribution in [2.24, 2.45) is 0 Å². The van der Waals surface area contributed by atoms with Gasteiger partial charge in [0.1, 0.15) is 0 Å². The molecular weight excluding hydrogens is 228 g/mol. The van der Waals surface area contributed by atoms with Crippen LogP contribution in [0, 0.1) is 11.6 Å². The minimum absolute atomic E-state index is 0.00338. The molecule has 1 aromatic heterocycles. The quantitative estimate of drug-likeness (QED) is 0.866. The van der Waals surface area contributed by atoms with Crippen LogP contribution in [0.2, 0.25) is 0 Å². The number of rotatable bonds is 2. The number of aromatic nitrogens is 2. The highest BCUT2D eigenvalue weighted by Crippen LogP contribution is 2.09. The molecule has 0 unspecified atom stereocenters. The first-order chi connectivity index (χ1) is 8.16. The average molecular weight is 235 g/mol. The fraction of sp³-hybridized carbons (Fsp3) is 0.